The molecule has 2 aromatic heterocycles. The molecule has 0 atom stereocenters. The van der Waals surface area contributed by atoms with Crippen LogP contribution in [-0.4, -0.2) is 9.55 Å². The minimum atomic E-state index is 0.986. The summed E-state index contributed by atoms with van der Waals surface area (Å²) in [6, 6.07) is 66.1. The summed E-state index contributed by atoms with van der Waals surface area (Å²) >= 11 is 0. The molecule has 2 heteroatoms. The molecule has 0 aliphatic heterocycles. The summed E-state index contributed by atoms with van der Waals surface area (Å²) in [4.78, 5) is 5.28. The fourth-order valence-electron chi connectivity index (χ4n) is 8.47. The molecule has 0 spiro atoms. The highest BCUT2D eigenvalue weighted by atomic mass is 15.0. The monoisotopic (exact) mass is 646 g/mol. The van der Waals surface area contributed by atoms with Gasteiger partial charge in [-0.25, -0.2) is 4.98 Å². The van der Waals surface area contributed by atoms with Crippen LogP contribution in [0.25, 0.3) is 104 Å². The SMILES string of the molecule is c1ccc(-n2c3cc(-c4ccc(-c5ccc6ccc7ccccc7c6n5)c5ccccc45)ccc3c3c4ccccc4c4ccccc4c32)cc1. The largest absolute Gasteiger partial charge is 0.309 e. The van der Waals surface area contributed by atoms with E-state index in [1.165, 1.54) is 76.0 Å². The van der Waals surface area contributed by atoms with Crippen LogP contribution in [0.5, 0.6) is 0 Å². The quantitative estimate of drug-likeness (QED) is 0.175. The first kappa shape index (κ1) is 28.1. The number of para-hydroxylation sites is 1. The highest BCUT2D eigenvalue weighted by Crippen LogP contribution is 2.44. The van der Waals surface area contributed by atoms with Crippen molar-refractivity contribution in [1.82, 2.24) is 9.55 Å². The Morgan fingerprint density at radius 1 is 0.373 bits per heavy atom. The summed E-state index contributed by atoms with van der Waals surface area (Å²) in [5, 5.41) is 13.6. The molecule has 0 fully saturated rings. The summed E-state index contributed by atoms with van der Waals surface area (Å²) in [6.45, 7) is 0. The smallest absolute Gasteiger partial charge is 0.0787 e. The summed E-state index contributed by atoms with van der Waals surface area (Å²) in [7, 11) is 0. The first-order valence-corrected chi connectivity index (χ1v) is 17.6. The Hall–Kier alpha value is -6.77. The van der Waals surface area contributed by atoms with Crippen LogP contribution in [0.15, 0.2) is 182 Å². The van der Waals surface area contributed by atoms with Gasteiger partial charge in [-0.2, -0.15) is 0 Å². The Morgan fingerprint density at radius 3 is 1.76 bits per heavy atom. The van der Waals surface area contributed by atoms with E-state index in [9.17, 15) is 0 Å². The maximum atomic E-state index is 5.28. The van der Waals surface area contributed by atoms with Gasteiger partial charge in [-0.1, -0.05) is 158 Å². The van der Waals surface area contributed by atoms with Crippen molar-refractivity contribution in [3.05, 3.63) is 182 Å². The minimum Gasteiger partial charge on any atom is -0.309 e. The molecular formula is C49H30N2. The molecule has 0 bridgehead atoms. The molecular weight excluding hydrogens is 617 g/mol. The van der Waals surface area contributed by atoms with Gasteiger partial charge in [0.05, 0.1) is 22.2 Å². The second kappa shape index (κ2) is 10.9. The van der Waals surface area contributed by atoms with Crippen LogP contribution in [0.2, 0.25) is 0 Å². The lowest BCUT2D eigenvalue weighted by atomic mass is 9.92. The Bertz CT molecular complexity index is 3190. The molecule has 0 amide bonds. The number of pyridine rings is 1. The van der Waals surface area contributed by atoms with Gasteiger partial charge in [0.1, 0.15) is 0 Å². The van der Waals surface area contributed by atoms with Crippen LogP contribution in [0, 0.1) is 0 Å². The Kier molecular flexibility index (Phi) is 5.99. The van der Waals surface area contributed by atoms with Crippen molar-refractivity contribution in [3.63, 3.8) is 0 Å². The van der Waals surface area contributed by atoms with E-state index in [0.717, 1.165) is 27.8 Å². The first-order valence-electron chi connectivity index (χ1n) is 17.6. The van der Waals surface area contributed by atoms with E-state index in [1.807, 2.05) is 0 Å². The highest BCUT2D eigenvalue weighted by Gasteiger charge is 2.20. The molecule has 0 aliphatic carbocycles. The summed E-state index contributed by atoms with van der Waals surface area (Å²) in [5.41, 5.74) is 9.17. The van der Waals surface area contributed by atoms with E-state index in [4.69, 9.17) is 4.98 Å². The predicted octanol–water partition coefficient (Wildman–Crippen LogP) is 13.3. The fraction of sp³-hybridized carbons (Fsp3) is 0. The normalized spacial score (nSPS) is 11.9. The third-order valence-corrected chi connectivity index (χ3v) is 10.7. The highest BCUT2D eigenvalue weighted by molar-refractivity contribution is 6.32. The molecule has 0 unspecified atom stereocenters. The van der Waals surface area contributed by atoms with Gasteiger partial charge in [0.2, 0.25) is 0 Å². The van der Waals surface area contributed by atoms with Crippen molar-refractivity contribution in [2.75, 3.05) is 0 Å². The van der Waals surface area contributed by atoms with Crippen molar-refractivity contribution in [2.45, 2.75) is 0 Å². The van der Waals surface area contributed by atoms with Crippen LogP contribution >= 0.6 is 0 Å². The lowest BCUT2D eigenvalue weighted by Gasteiger charge is -2.14. The van der Waals surface area contributed by atoms with Crippen LogP contribution in [-0.2, 0) is 0 Å². The average Bonchev–Trinajstić information content (AvgIpc) is 3.55. The minimum absolute atomic E-state index is 0.986. The van der Waals surface area contributed by atoms with Gasteiger partial charge in [-0.15, -0.1) is 0 Å². The second-order valence-electron chi connectivity index (χ2n) is 13.5. The van der Waals surface area contributed by atoms with Crippen LogP contribution in [0.3, 0.4) is 0 Å². The van der Waals surface area contributed by atoms with Crippen molar-refractivity contribution >= 4 is 75.8 Å². The zero-order valence-corrected chi connectivity index (χ0v) is 27.7. The van der Waals surface area contributed by atoms with Gasteiger partial charge in [0.15, 0.2) is 0 Å². The van der Waals surface area contributed by atoms with E-state index in [2.05, 4.69) is 187 Å². The summed E-state index contributed by atoms with van der Waals surface area (Å²) in [6.07, 6.45) is 0. The number of hydrogen-bond acceptors (Lipinski definition) is 1. The third-order valence-electron chi connectivity index (χ3n) is 10.7. The number of hydrogen-bond donors (Lipinski definition) is 0. The molecule has 0 N–H and O–H groups in total. The molecule has 2 heterocycles. The molecule has 11 rings (SSSR count). The second-order valence-corrected chi connectivity index (χ2v) is 13.5. The molecule has 0 saturated carbocycles. The van der Waals surface area contributed by atoms with Crippen LogP contribution in [0.4, 0.5) is 0 Å². The fourth-order valence-corrected chi connectivity index (χ4v) is 8.47. The topological polar surface area (TPSA) is 17.8 Å². The van der Waals surface area contributed by atoms with Crippen LogP contribution < -0.4 is 0 Å². The number of rotatable bonds is 3. The van der Waals surface area contributed by atoms with Gasteiger partial charge in [0, 0.05) is 38.2 Å². The van der Waals surface area contributed by atoms with Gasteiger partial charge in [0.25, 0.3) is 0 Å². The predicted molar refractivity (Wildman–Crippen MR) is 217 cm³/mol. The van der Waals surface area contributed by atoms with E-state index < -0.39 is 0 Å². The summed E-state index contributed by atoms with van der Waals surface area (Å²) in [5.74, 6) is 0. The van der Waals surface area contributed by atoms with Gasteiger partial charge < -0.3 is 4.57 Å². The molecule has 0 radical (unpaired) electrons. The lowest BCUT2D eigenvalue weighted by molar-refractivity contribution is 1.19. The molecule has 11 aromatic rings. The van der Waals surface area contributed by atoms with Crippen molar-refractivity contribution in [2.24, 2.45) is 0 Å². The van der Waals surface area contributed by atoms with Gasteiger partial charge in [-0.05, 0) is 67.7 Å². The summed E-state index contributed by atoms with van der Waals surface area (Å²) < 4.78 is 2.48. The Balaban J connectivity index is 1.18. The number of aromatic nitrogens is 2. The number of fused-ring (bicyclic) bond motifs is 12. The maximum absolute atomic E-state index is 5.28. The van der Waals surface area contributed by atoms with E-state index in [1.54, 1.807) is 0 Å². The zero-order valence-electron chi connectivity index (χ0n) is 27.7. The third kappa shape index (κ3) is 4.14. The van der Waals surface area contributed by atoms with Crippen LogP contribution in [0.1, 0.15) is 0 Å². The maximum Gasteiger partial charge on any atom is 0.0787 e. The average molecular weight is 647 g/mol. The van der Waals surface area contributed by atoms with Crippen molar-refractivity contribution in [1.29, 1.82) is 0 Å². The van der Waals surface area contributed by atoms with Crippen molar-refractivity contribution in [3.8, 4) is 28.1 Å². The standard InChI is InChI=1S/C49H30N2/c1-2-13-34(14-3-1)51-46-30-33(24-26-44(46)47-42-20-10-8-18-39(42)40-19-9-11-21-43(40)49(47)51)35-27-28-41(38-17-7-6-16-37(35)38)45-29-25-32-23-22-31-12-4-5-15-36(31)48(32)50-45/h1-30H. The Labute approximate surface area is 294 Å². The van der Waals surface area contributed by atoms with E-state index in [-0.39, 0.29) is 0 Å². The Morgan fingerprint density at radius 2 is 0.961 bits per heavy atom. The molecule has 2 nitrogen and oxygen atoms in total. The molecule has 0 saturated heterocycles. The number of benzene rings is 9. The van der Waals surface area contributed by atoms with E-state index in [0.29, 0.717) is 0 Å². The lowest BCUT2D eigenvalue weighted by Crippen LogP contribution is -1.95. The molecule has 236 valence electrons. The first-order chi connectivity index (χ1) is 25.3. The van der Waals surface area contributed by atoms with E-state index >= 15 is 0 Å². The molecule has 9 aromatic carbocycles. The van der Waals surface area contributed by atoms with Gasteiger partial charge >= 0.3 is 0 Å². The number of nitrogens with zero attached hydrogens (tertiary/aromatic N) is 2. The van der Waals surface area contributed by atoms with Gasteiger partial charge in [-0.3, -0.25) is 0 Å². The molecule has 51 heavy (non-hydrogen) atoms. The zero-order chi connectivity index (χ0) is 33.5. The van der Waals surface area contributed by atoms with Crippen molar-refractivity contribution < 1.29 is 0 Å². The molecule has 0 aliphatic rings.